The summed E-state index contributed by atoms with van der Waals surface area (Å²) >= 11 is 1.67. The van der Waals surface area contributed by atoms with Gasteiger partial charge in [0.05, 0.1) is 6.54 Å². The zero-order valence-corrected chi connectivity index (χ0v) is 11.7. The van der Waals surface area contributed by atoms with Crippen molar-refractivity contribution in [3.8, 4) is 0 Å². The summed E-state index contributed by atoms with van der Waals surface area (Å²) in [4.78, 5) is 18.5. The van der Waals surface area contributed by atoms with E-state index in [0.29, 0.717) is 0 Å². The molecule has 0 amide bonds. The van der Waals surface area contributed by atoms with Crippen LogP contribution in [0.4, 0.5) is 0 Å². The Morgan fingerprint density at radius 2 is 2.40 bits per heavy atom. The molecule has 0 bridgehead atoms. The number of imidazole rings is 1. The third-order valence-corrected chi connectivity index (χ3v) is 4.30. The molecule has 1 aliphatic heterocycles. The first-order valence-electron chi connectivity index (χ1n) is 6.42. The average Bonchev–Trinajstić information content (AvgIpc) is 3.04. The molecule has 104 valence electrons. The summed E-state index contributed by atoms with van der Waals surface area (Å²) < 4.78 is 2.18. The molecule has 0 saturated heterocycles. The van der Waals surface area contributed by atoms with Crippen molar-refractivity contribution >= 4 is 23.4 Å². The molecule has 2 aromatic heterocycles. The lowest BCUT2D eigenvalue weighted by atomic mass is 10.2. The SMILES string of the molecule is O=C(O)C=Cc1ccsc1CN1CCn2ccnc2C1. The van der Waals surface area contributed by atoms with Gasteiger partial charge in [0.2, 0.25) is 0 Å². The molecule has 0 spiro atoms. The largest absolute Gasteiger partial charge is 0.478 e. The molecule has 20 heavy (non-hydrogen) atoms. The molecular formula is C14H15N3O2S. The first kappa shape index (κ1) is 13.1. The number of hydrogen-bond acceptors (Lipinski definition) is 4. The van der Waals surface area contributed by atoms with E-state index in [1.54, 1.807) is 17.4 Å². The number of carboxylic acid groups (broad SMARTS) is 1. The molecule has 2 aromatic rings. The first-order chi connectivity index (χ1) is 9.72. The van der Waals surface area contributed by atoms with Gasteiger partial charge in [0, 0.05) is 43.0 Å². The Balaban J connectivity index is 1.70. The maximum Gasteiger partial charge on any atom is 0.328 e. The summed E-state index contributed by atoms with van der Waals surface area (Å²) in [5.41, 5.74) is 0.992. The van der Waals surface area contributed by atoms with Crippen LogP contribution in [-0.4, -0.2) is 32.1 Å². The van der Waals surface area contributed by atoms with Crippen LogP contribution >= 0.6 is 11.3 Å². The van der Waals surface area contributed by atoms with Crippen LogP contribution in [0.15, 0.2) is 29.9 Å². The summed E-state index contributed by atoms with van der Waals surface area (Å²) in [7, 11) is 0. The van der Waals surface area contributed by atoms with E-state index in [4.69, 9.17) is 5.11 Å². The smallest absolute Gasteiger partial charge is 0.328 e. The van der Waals surface area contributed by atoms with E-state index >= 15 is 0 Å². The predicted octanol–water partition coefficient (Wildman–Crippen LogP) is 2.06. The lowest BCUT2D eigenvalue weighted by Crippen LogP contribution is -2.33. The minimum absolute atomic E-state index is 0.837. The average molecular weight is 289 g/mol. The Hall–Kier alpha value is -1.92. The van der Waals surface area contributed by atoms with Gasteiger partial charge in [0.25, 0.3) is 0 Å². The van der Waals surface area contributed by atoms with Crippen LogP contribution in [0.1, 0.15) is 16.3 Å². The summed E-state index contributed by atoms with van der Waals surface area (Å²) in [6.07, 6.45) is 6.71. The fourth-order valence-electron chi connectivity index (χ4n) is 2.35. The van der Waals surface area contributed by atoms with Crippen LogP contribution in [0, 0.1) is 0 Å². The van der Waals surface area contributed by atoms with Crippen molar-refractivity contribution in [1.82, 2.24) is 14.5 Å². The Morgan fingerprint density at radius 1 is 1.50 bits per heavy atom. The van der Waals surface area contributed by atoms with Crippen molar-refractivity contribution in [3.63, 3.8) is 0 Å². The molecule has 1 N–H and O–H groups in total. The van der Waals surface area contributed by atoms with Gasteiger partial charge < -0.3 is 9.67 Å². The second-order valence-electron chi connectivity index (χ2n) is 4.72. The van der Waals surface area contributed by atoms with E-state index in [0.717, 1.165) is 37.6 Å². The van der Waals surface area contributed by atoms with Crippen molar-refractivity contribution in [2.75, 3.05) is 6.54 Å². The first-order valence-corrected chi connectivity index (χ1v) is 7.30. The summed E-state index contributed by atoms with van der Waals surface area (Å²) in [5, 5.41) is 10.7. The van der Waals surface area contributed by atoms with Crippen molar-refractivity contribution in [2.24, 2.45) is 0 Å². The Labute approximate surface area is 120 Å². The monoisotopic (exact) mass is 289 g/mol. The third kappa shape index (κ3) is 2.81. The van der Waals surface area contributed by atoms with Crippen molar-refractivity contribution in [3.05, 3.63) is 46.2 Å². The molecule has 1 aliphatic rings. The number of hydrogen-bond donors (Lipinski definition) is 1. The quantitative estimate of drug-likeness (QED) is 0.875. The van der Waals surface area contributed by atoms with Crippen LogP contribution in [0.3, 0.4) is 0 Å². The van der Waals surface area contributed by atoms with E-state index in [1.165, 1.54) is 11.0 Å². The lowest BCUT2D eigenvalue weighted by Gasteiger charge is -2.27. The molecule has 0 aliphatic carbocycles. The van der Waals surface area contributed by atoms with Crippen molar-refractivity contribution in [2.45, 2.75) is 19.6 Å². The maximum atomic E-state index is 10.6. The van der Waals surface area contributed by atoms with Crippen molar-refractivity contribution < 1.29 is 9.90 Å². The van der Waals surface area contributed by atoms with Gasteiger partial charge in [-0.15, -0.1) is 11.3 Å². The van der Waals surface area contributed by atoms with Gasteiger partial charge in [0.1, 0.15) is 5.82 Å². The van der Waals surface area contributed by atoms with Crippen LogP contribution < -0.4 is 0 Å². The van der Waals surface area contributed by atoms with Gasteiger partial charge in [-0.2, -0.15) is 0 Å². The number of carbonyl (C=O) groups is 1. The van der Waals surface area contributed by atoms with E-state index in [2.05, 4.69) is 14.5 Å². The van der Waals surface area contributed by atoms with Gasteiger partial charge in [-0.1, -0.05) is 0 Å². The maximum absolute atomic E-state index is 10.6. The molecular weight excluding hydrogens is 274 g/mol. The molecule has 6 heteroatoms. The van der Waals surface area contributed by atoms with Crippen LogP contribution in [0.2, 0.25) is 0 Å². The Bertz CT molecular complexity index is 644. The highest BCUT2D eigenvalue weighted by Crippen LogP contribution is 2.22. The van der Waals surface area contributed by atoms with Crippen molar-refractivity contribution in [1.29, 1.82) is 0 Å². The number of aliphatic carboxylic acids is 1. The van der Waals surface area contributed by atoms with Gasteiger partial charge >= 0.3 is 5.97 Å². The van der Waals surface area contributed by atoms with Crippen LogP contribution in [-0.2, 0) is 24.4 Å². The lowest BCUT2D eigenvalue weighted by molar-refractivity contribution is -0.131. The second-order valence-corrected chi connectivity index (χ2v) is 5.72. The van der Waals surface area contributed by atoms with Crippen LogP contribution in [0.5, 0.6) is 0 Å². The highest BCUT2D eigenvalue weighted by atomic mass is 32.1. The normalized spacial score (nSPS) is 15.6. The summed E-state index contributed by atoms with van der Waals surface area (Å²) in [6, 6.07) is 1.96. The number of aromatic nitrogens is 2. The molecule has 3 heterocycles. The molecule has 0 fully saturated rings. The van der Waals surface area contributed by atoms with Crippen LogP contribution in [0.25, 0.3) is 6.08 Å². The zero-order chi connectivity index (χ0) is 13.9. The highest BCUT2D eigenvalue weighted by Gasteiger charge is 2.17. The Morgan fingerprint density at radius 3 is 3.25 bits per heavy atom. The number of rotatable bonds is 4. The van der Waals surface area contributed by atoms with Gasteiger partial charge in [0.15, 0.2) is 0 Å². The molecule has 0 radical (unpaired) electrons. The molecule has 0 saturated carbocycles. The van der Waals surface area contributed by atoms with E-state index < -0.39 is 5.97 Å². The fourth-order valence-corrected chi connectivity index (χ4v) is 3.26. The standard InChI is InChI=1S/C14H15N3O2S/c18-14(19)2-1-11-3-8-20-12(11)9-16-6-7-17-5-4-15-13(17)10-16/h1-5,8H,6-7,9-10H2,(H,18,19). The second kappa shape index (κ2) is 5.60. The highest BCUT2D eigenvalue weighted by molar-refractivity contribution is 7.10. The third-order valence-electron chi connectivity index (χ3n) is 3.38. The van der Waals surface area contributed by atoms with E-state index in [-0.39, 0.29) is 0 Å². The number of fused-ring (bicyclic) bond motifs is 1. The zero-order valence-electron chi connectivity index (χ0n) is 10.9. The molecule has 3 rings (SSSR count). The number of carboxylic acids is 1. The topological polar surface area (TPSA) is 58.4 Å². The van der Waals surface area contributed by atoms with E-state index in [9.17, 15) is 4.79 Å². The minimum atomic E-state index is -0.915. The predicted molar refractivity (Wildman–Crippen MR) is 77.3 cm³/mol. The van der Waals surface area contributed by atoms with E-state index in [1.807, 2.05) is 23.8 Å². The molecule has 5 nitrogen and oxygen atoms in total. The minimum Gasteiger partial charge on any atom is -0.478 e. The summed E-state index contributed by atoms with van der Waals surface area (Å²) in [6.45, 7) is 3.63. The van der Waals surface area contributed by atoms with Gasteiger partial charge in [-0.3, -0.25) is 4.90 Å². The van der Waals surface area contributed by atoms with Gasteiger partial charge in [-0.05, 0) is 23.1 Å². The Kier molecular flexibility index (Phi) is 3.66. The molecule has 0 aromatic carbocycles. The summed E-state index contributed by atoms with van der Waals surface area (Å²) in [5.74, 6) is 0.178. The number of nitrogens with zero attached hydrogens (tertiary/aromatic N) is 3. The molecule has 0 atom stereocenters. The van der Waals surface area contributed by atoms with Gasteiger partial charge in [-0.25, -0.2) is 9.78 Å². The molecule has 0 unspecified atom stereocenters. The fraction of sp³-hybridized carbons (Fsp3) is 0.286. The number of thiophene rings is 1.